The van der Waals surface area contributed by atoms with Crippen LogP contribution in [0.5, 0.6) is 5.75 Å². The lowest BCUT2D eigenvalue weighted by Gasteiger charge is -2.35. The number of carbonyl (C=O) groups excluding carboxylic acids is 1. The van der Waals surface area contributed by atoms with Crippen molar-refractivity contribution in [1.82, 2.24) is 14.8 Å². The molecule has 3 aromatic rings. The summed E-state index contributed by atoms with van der Waals surface area (Å²) < 4.78 is 32.3. The summed E-state index contributed by atoms with van der Waals surface area (Å²) in [5.74, 6) is -0.751. The molecule has 1 aliphatic rings. The molecule has 5 nitrogen and oxygen atoms in total. The largest absolute Gasteiger partial charge is 0.497 e. The number of nitrogens with one attached hydrogen (secondary N) is 1. The molecule has 1 saturated heterocycles. The van der Waals surface area contributed by atoms with Crippen molar-refractivity contribution in [1.29, 1.82) is 0 Å². The van der Waals surface area contributed by atoms with Gasteiger partial charge in [0.2, 0.25) is 0 Å². The van der Waals surface area contributed by atoms with E-state index in [0.29, 0.717) is 35.6 Å². The maximum absolute atomic E-state index is 13.5. The van der Waals surface area contributed by atoms with Crippen LogP contribution in [0.3, 0.4) is 0 Å². The van der Waals surface area contributed by atoms with Crippen LogP contribution in [0, 0.1) is 17.6 Å². The normalized spacial score (nSPS) is 16.9. The predicted octanol–water partition coefficient (Wildman–Crippen LogP) is 4.83. The van der Waals surface area contributed by atoms with E-state index < -0.39 is 11.6 Å². The summed E-state index contributed by atoms with van der Waals surface area (Å²) >= 11 is 0. The molecule has 0 aliphatic carbocycles. The van der Waals surface area contributed by atoms with Crippen molar-refractivity contribution in [2.24, 2.45) is 5.92 Å². The average Bonchev–Trinajstić information content (AvgIpc) is 3.20. The minimum absolute atomic E-state index is 0.142. The Kier molecular flexibility index (Phi) is 6.74. The van der Waals surface area contributed by atoms with Gasteiger partial charge in [-0.15, -0.1) is 0 Å². The Morgan fingerprint density at radius 3 is 2.66 bits per heavy atom. The van der Waals surface area contributed by atoms with Crippen LogP contribution >= 0.6 is 0 Å². The number of aromatic amines is 1. The van der Waals surface area contributed by atoms with Crippen LogP contribution < -0.4 is 4.74 Å². The maximum Gasteiger partial charge on any atom is 0.270 e. The molecule has 1 unspecified atom stereocenters. The van der Waals surface area contributed by atoms with Crippen LogP contribution in [-0.4, -0.2) is 54.0 Å². The second kappa shape index (κ2) is 9.69. The van der Waals surface area contributed by atoms with Gasteiger partial charge in [-0.05, 0) is 62.1 Å². The molecule has 0 saturated carbocycles. The highest BCUT2D eigenvalue weighted by Crippen LogP contribution is 2.23. The fourth-order valence-corrected chi connectivity index (χ4v) is 4.51. The fraction of sp³-hybridized carbons (Fsp3) is 0.400. The van der Waals surface area contributed by atoms with Crippen LogP contribution in [0.15, 0.2) is 42.5 Å². The Morgan fingerprint density at radius 2 is 1.94 bits per heavy atom. The van der Waals surface area contributed by atoms with Crippen LogP contribution in [0.25, 0.3) is 10.9 Å². The van der Waals surface area contributed by atoms with E-state index in [1.165, 1.54) is 5.56 Å². The van der Waals surface area contributed by atoms with Gasteiger partial charge in [0.15, 0.2) is 11.6 Å². The van der Waals surface area contributed by atoms with Crippen molar-refractivity contribution < 1.29 is 18.3 Å². The number of likely N-dealkylation sites (tertiary alicyclic amines) is 1. The van der Waals surface area contributed by atoms with Gasteiger partial charge < -0.3 is 14.6 Å². The number of rotatable bonds is 7. The van der Waals surface area contributed by atoms with Crippen molar-refractivity contribution in [3.05, 3.63) is 65.4 Å². The molecule has 1 amide bonds. The molecule has 7 heteroatoms. The van der Waals surface area contributed by atoms with Gasteiger partial charge in [-0.2, -0.15) is 0 Å². The van der Waals surface area contributed by atoms with E-state index in [-0.39, 0.29) is 5.91 Å². The Hall–Kier alpha value is -2.93. The smallest absolute Gasteiger partial charge is 0.270 e. The van der Waals surface area contributed by atoms with E-state index in [0.717, 1.165) is 50.4 Å². The second-order valence-electron chi connectivity index (χ2n) is 8.47. The van der Waals surface area contributed by atoms with E-state index in [2.05, 4.69) is 22.0 Å². The first kappa shape index (κ1) is 22.3. The molecule has 2 aromatic carbocycles. The third kappa shape index (κ3) is 4.93. The summed E-state index contributed by atoms with van der Waals surface area (Å²) in [6.07, 6.45) is 2.17. The van der Waals surface area contributed by atoms with E-state index in [9.17, 15) is 13.6 Å². The summed E-state index contributed by atoms with van der Waals surface area (Å²) in [6.45, 7) is 6.04. The number of methoxy groups -OCH3 is 1. The number of benzene rings is 2. The molecule has 1 aliphatic heterocycles. The monoisotopic (exact) mass is 441 g/mol. The Labute approximate surface area is 187 Å². The van der Waals surface area contributed by atoms with E-state index >= 15 is 0 Å². The predicted molar refractivity (Wildman–Crippen MR) is 121 cm³/mol. The van der Waals surface area contributed by atoms with Crippen molar-refractivity contribution in [2.75, 3.05) is 33.3 Å². The van der Waals surface area contributed by atoms with Crippen molar-refractivity contribution in [3.63, 3.8) is 0 Å². The second-order valence-corrected chi connectivity index (χ2v) is 8.47. The highest BCUT2D eigenvalue weighted by Gasteiger charge is 2.25. The molecule has 0 bridgehead atoms. The van der Waals surface area contributed by atoms with Gasteiger partial charge in [0.25, 0.3) is 5.91 Å². The van der Waals surface area contributed by atoms with E-state index in [1.807, 2.05) is 24.0 Å². The lowest BCUT2D eigenvalue weighted by Crippen LogP contribution is -2.42. The third-order valence-electron chi connectivity index (χ3n) is 6.21. The number of carbonyl (C=O) groups is 1. The molecule has 2 heterocycles. The number of nitrogens with zero attached hydrogens (tertiary/aromatic N) is 2. The summed E-state index contributed by atoms with van der Waals surface area (Å²) in [5.41, 5.74) is 2.02. The first-order valence-corrected chi connectivity index (χ1v) is 11.1. The molecule has 4 rings (SSSR count). The molecule has 1 N–H and O–H groups in total. The van der Waals surface area contributed by atoms with Crippen LogP contribution in [0.2, 0.25) is 0 Å². The van der Waals surface area contributed by atoms with Gasteiger partial charge in [-0.25, -0.2) is 8.78 Å². The highest BCUT2D eigenvalue weighted by molar-refractivity contribution is 5.98. The number of piperidine rings is 1. The summed E-state index contributed by atoms with van der Waals surface area (Å²) in [4.78, 5) is 20.3. The number of amides is 1. The zero-order valence-corrected chi connectivity index (χ0v) is 18.5. The molecule has 170 valence electrons. The van der Waals surface area contributed by atoms with Gasteiger partial charge >= 0.3 is 0 Å². The van der Waals surface area contributed by atoms with E-state index in [1.54, 1.807) is 13.2 Å². The molecule has 0 radical (unpaired) electrons. The zero-order chi connectivity index (χ0) is 22.7. The first-order valence-electron chi connectivity index (χ1n) is 11.1. The summed E-state index contributed by atoms with van der Waals surface area (Å²) in [5, 5.41) is 0.492. The number of aromatic nitrogens is 1. The number of H-pyrrole nitrogens is 1. The minimum atomic E-state index is -0.926. The van der Waals surface area contributed by atoms with Crippen LogP contribution in [0.1, 0.15) is 35.8 Å². The number of hydrogen-bond donors (Lipinski definition) is 1. The lowest BCUT2D eigenvalue weighted by atomic mass is 9.96. The van der Waals surface area contributed by atoms with Gasteiger partial charge in [-0.1, -0.05) is 12.1 Å². The lowest BCUT2D eigenvalue weighted by molar-refractivity contribution is 0.0680. The average molecular weight is 442 g/mol. The Balaban J connectivity index is 1.40. The summed E-state index contributed by atoms with van der Waals surface area (Å²) in [6, 6.07) is 11.9. The van der Waals surface area contributed by atoms with Crippen LogP contribution in [-0.2, 0) is 6.54 Å². The molecule has 1 fully saturated rings. The van der Waals surface area contributed by atoms with Gasteiger partial charge in [0.1, 0.15) is 11.4 Å². The molecular formula is C25H29F2N3O2. The minimum Gasteiger partial charge on any atom is -0.497 e. The molecular weight excluding hydrogens is 412 g/mol. The molecule has 1 aromatic heterocycles. The number of halogens is 2. The standard InChI is InChI=1S/C25H29F2N3O2/c1-3-30(25(31)24-12-19-11-21(26)22(27)13-23(19)28-24)16-18-5-4-10-29(15-18)14-17-6-8-20(32-2)9-7-17/h6-9,11-13,18,28H,3-5,10,14-16H2,1-2H3. The third-order valence-corrected chi connectivity index (χ3v) is 6.21. The quantitative estimate of drug-likeness (QED) is 0.571. The number of ether oxygens (including phenoxy) is 1. The number of hydrogen-bond acceptors (Lipinski definition) is 3. The van der Waals surface area contributed by atoms with E-state index in [4.69, 9.17) is 4.74 Å². The fourth-order valence-electron chi connectivity index (χ4n) is 4.51. The zero-order valence-electron chi connectivity index (χ0n) is 18.5. The Bertz CT molecular complexity index is 1040. The van der Waals surface area contributed by atoms with Crippen molar-refractivity contribution in [2.45, 2.75) is 26.3 Å². The topological polar surface area (TPSA) is 48.6 Å². The van der Waals surface area contributed by atoms with Crippen molar-refractivity contribution in [3.8, 4) is 5.75 Å². The highest BCUT2D eigenvalue weighted by atomic mass is 19.2. The summed E-state index contributed by atoms with van der Waals surface area (Å²) in [7, 11) is 1.66. The van der Waals surface area contributed by atoms with Crippen molar-refractivity contribution >= 4 is 16.8 Å². The number of fused-ring (bicyclic) bond motifs is 1. The van der Waals surface area contributed by atoms with Gasteiger partial charge in [0.05, 0.1) is 7.11 Å². The maximum atomic E-state index is 13.5. The molecule has 32 heavy (non-hydrogen) atoms. The SMILES string of the molecule is CCN(CC1CCCN(Cc2ccc(OC)cc2)C1)C(=O)c1cc2cc(F)c(F)cc2[nH]1. The first-order chi connectivity index (χ1) is 15.5. The molecule has 1 atom stereocenters. The van der Waals surface area contributed by atoms with Crippen LogP contribution in [0.4, 0.5) is 8.78 Å². The Morgan fingerprint density at radius 1 is 1.19 bits per heavy atom. The van der Waals surface area contributed by atoms with Gasteiger partial charge in [-0.3, -0.25) is 9.69 Å². The molecule has 0 spiro atoms. The van der Waals surface area contributed by atoms with Gasteiger partial charge in [0, 0.05) is 43.1 Å².